The van der Waals surface area contributed by atoms with Gasteiger partial charge in [0.15, 0.2) is 5.69 Å². The van der Waals surface area contributed by atoms with Gasteiger partial charge < -0.3 is 9.73 Å². The summed E-state index contributed by atoms with van der Waals surface area (Å²) >= 11 is 12.1. The summed E-state index contributed by atoms with van der Waals surface area (Å²) in [5.74, 6) is 0.982. The van der Waals surface area contributed by atoms with Crippen molar-refractivity contribution in [2.45, 2.75) is 45.8 Å². The van der Waals surface area contributed by atoms with Crippen LogP contribution in [0.2, 0.25) is 10.0 Å². The van der Waals surface area contributed by atoms with Crippen LogP contribution < -0.4 is 5.32 Å². The van der Waals surface area contributed by atoms with Crippen molar-refractivity contribution in [2.75, 3.05) is 6.54 Å². The van der Waals surface area contributed by atoms with Gasteiger partial charge in [0, 0.05) is 19.1 Å². The number of benzene rings is 1. The van der Waals surface area contributed by atoms with E-state index in [1.165, 1.54) is 19.1 Å². The molecule has 1 aliphatic rings. The molecule has 1 heterocycles. The van der Waals surface area contributed by atoms with Gasteiger partial charge in [0.05, 0.1) is 16.6 Å². The Labute approximate surface area is 163 Å². The average Bonchev–Trinajstić information content (AvgIpc) is 3.32. The molecule has 1 aliphatic carbocycles. The zero-order chi connectivity index (χ0) is 18.7. The highest BCUT2D eigenvalue weighted by atomic mass is 35.5. The van der Waals surface area contributed by atoms with Crippen LogP contribution >= 0.6 is 23.2 Å². The van der Waals surface area contributed by atoms with Crippen LogP contribution in [0.4, 0.5) is 0 Å². The second kappa shape index (κ2) is 8.42. The minimum atomic E-state index is -0.174. The number of carbonyl (C=O) groups excluding carboxylic acids is 1. The molecule has 1 amide bonds. The Morgan fingerprint density at radius 1 is 1.31 bits per heavy atom. The Kier molecular flexibility index (Phi) is 6.22. The predicted octanol–water partition coefficient (Wildman–Crippen LogP) is 4.53. The van der Waals surface area contributed by atoms with Gasteiger partial charge in [-0.05, 0) is 50.3 Å². The number of rotatable bonds is 8. The Hall–Kier alpha value is -1.56. The quantitative estimate of drug-likeness (QED) is 0.712. The summed E-state index contributed by atoms with van der Waals surface area (Å²) in [4.78, 5) is 18.6. The van der Waals surface area contributed by atoms with Gasteiger partial charge in [0.1, 0.15) is 6.26 Å². The lowest BCUT2D eigenvalue weighted by molar-refractivity contribution is 0.0946. The Morgan fingerprint density at radius 3 is 2.73 bits per heavy atom. The highest BCUT2D eigenvalue weighted by Crippen LogP contribution is 2.27. The molecule has 0 bridgehead atoms. The number of oxazole rings is 1. The fraction of sp³-hybridized carbons (Fsp3) is 0.474. The first-order valence-electron chi connectivity index (χ1n) is 8.83. The molecule has 26 heavy (non-hydrogen) atoms. The second-order valence-corrected chi connectivity index (χ2v) is 7.84. The fourth-order valence-corrected chi connectivity index (χ4v) is 2.93. The minimum Gasteiger partial charge on any atom is -0.447 e. The van der Waals surface area contributed by atoms with Gasteiger partial charge in [0.25, 0.3) is 5.91 Å². The summed E-state index contributed by atoms with van der Waals surface area (Å²) in [7, 11) is 0. The number of halogens is 2. The smallest absolute Gasteiger partial charge is 0.273 e. The van der Waals surface area contributed by atoms with Gasteiger partial charge in [-0.1, -0.05) is 29.3 Å². The molecule has 1 N–H and O–H groups in total. The molecule has 2 aromatic rings. The molecule has 1 saturated carbocycles. The van der Waals surface area contributed by atoms with Crippen molar-refractivity contribution >= 4 is 29.1 Å². The third kappa shape index (κ3) is 5.22. The highest BCUT2D eigenvalue weighted by molar-refractivity contribution is 6.42. The molecule has 0 unspecified atom stereocenters. The van der Waals surface area contributed by atoms with Gasteiger partial charge in [-0.3, -0.25) is 9.69 Å². The molecule has 5 nitrogen and oxygen atoms in total. The first-order chi connectivity index (χ1) is 12.4. The molecule has 1 aromatic carbocycles. The molecule has 3 rings (SSSR count). The van der Waals surface area contributed by atoms with E-state index in [1.807, 2.05) is 12.1 Å². The van der Waals surface area contributed by atoms with Crippen LogP contribution in [0.25, 0.3) is 0 Å². The van der Waals surface area contributed by atoms with Gasteiger partial charge in [-0.15, -0.1) is 0 Å². The molecule has 140 valence electrons. The minimum absolute atomic E-state index is 0.174. The van der Waals surface area contributed by atoms with Crippen molar-refractivity contribution < 1.29 is 9.21 Å². The van der Waals surface area contributed by atoms with E-state index >= 15 is 0 Å². The van der Waals surface area contributed by atoms with Crippen LogP contribution in [-0.2, 0) is 13.1 Å². The molecule has 7 heteroatoms. The predicted molar refractivity (Wildman–Crippen MR) is 102 cm³/mol. The van der Waals surface area contributed by atoms with Crippen molar-refractivity contribution in [2.24, 2.45) is 5.92 Å². The second-order valence-electron chi connectivity index (χ2n) is 7.03. The third-order valence-electron chi connectivity index (χ3n) is 4.47. The van der Waals surface area contributed by atoms with E-state index in [-0.39, 0.29) is 11.9 Å². The summed E-state index contributed by atoms with van der Waals surface area (Å²) in [5.41, 5.74) is 1.39. The first kappa shape index (κ1) is 19.2. The van der Waals surface area contributed by atoms with E-state index in [0.29, 0.717) is 40.6 Å². The van der Waals surface area contributed by atoms with E-state index < -0.39 is 0 Å². The van der Waals surface area contributed by atoms with Crippen molar-refractivity contribution in [3.8, 4) is 0 Å². The maximum Gasteiger partial charge on any atom is 0.273 e. The molecular weight excluding hydrogens is 373 g/mol. The van der Waals surface area contributed by atoms with Gasteiger partial charge >= 0.3 is 0 Å². The van der Waals surface area contributed by atoms with Crippen LogP contribution in [0, 0.1) is 5.92 Å². The standard InChI is InChI=1S/C19H23Cl2N3O2/c1-12(2)24(9-14-5-6-15(20)16(21)7-14)10-18-23-17(11-26-18)19(25)22-8-13-3-4-13/h5-7,11-13H,3-4,8-10H2,1-2H3,(H,22,25). The highest BCUT2D eigenvalue weighted by Gasteiger charge is 2.23. The number of nitrogens with one attached hydrogen (secondary N) is 1. The largest absolute Gasteiger partial charge is 0.447 e. The van der Waals surface area contributed by atoms with Crippen LogP contribution in [0.3, 0.4) is 0 Å². The lowest BCUT2D eigenvalue weighted by atomic mass is 10.2. The lowest BCUT2D eigenvalue weighted by Gasteiger charge is -2.25. The monoisotopic (exact) mass is 395 g/mol. The molecule has 0 atom stereocenters. The average molecular weight is 396 g/mol. The van der Waals surface area contributed by atoms with Crippen molar-refractivity contribution in [1.82, 2.24) is 15.2 Å². The number of aromatic nitrogens is 1. The first-order valence-corrected chi connectivity index (χ1v) is 9.58. The molecule has 1 fully saturated rings. The molecule has 0 saturated heterocycles. The lowest BCUT2D eigenvalue weighted by Crippen LogP contribution is -2.30. The van der Waals surface area contributed by atoms with Gasteiger partial charge in [0.2, 0.25) is 5.89 Å². The zero-order valence-electron chi connectivity index (χ0n) is 15.0. The van der Waals surface area contributed by atoms with Crippen molar-refractivity contribution in [1.29, 1.82) is 0 Å². The van der Waals surface area contributed by atoms with E-state index in [0.717, 1.165) is 12.1 Å². The Bertz CT molecular complexity index is 772. The molecule has 1 aromatic heterocycles. The molecule has 0 spiro atoms. The van der Waals surface area contributed by atoms with Crippen LogP contribution in [-0.4, -0.2) is 28.4 Å². The van der Waals surface area contributed by atoms with E-state index in [4.69, 9.17) is 27.6 Å². The number of amides is 1. The number of hydrogen-bond donors (Lipinski definition) is 1. The molecule has 0 radical (unpaired) electrons. The maximum absolute atomic E-state index is 12.1. The van der Waals surface area contributed by atoms with Crippen molar-refractivity contribution in [3.63, 3.8) is 0 Å². The SMILES string of the molecule is CC(C)N(Cc1ccc(Cl)c(Cl)c1)Cc1nc(C(=O)NCC2CC2)co1. The Morgan fingerprint density at radius 2 is 2.08 bits per heavy atom. The molecular formula is C19H23Cl2N3O2. The van der Waals surface area contributed by atoms with E-state index in [2.05, 4.69) is 29.0 Å². The van der Waals surface area contributed by atoms with Gasteiger partial charge in [-0.25, -0.2) is 4.98 Å². The number of nitrogens with zero attached hydrogens (tertiary/aromatic N) is 2. The normalized spacial score (nSPS) is 14.2. The summed E-state index contributed by atoms with van der Waals surface area (Å²) < 4.78 is 5.51. The fourth-order valence-electron chi connectivity index (χ4n) is 2.60. The van der Waals surface area contributed by atoms with Gasteiger partial charge in [-0.2, -0.15) is 0 Å². The third-order valence-corrected chi connectivity index (χ3v) is 5.21. The van der Waals surface area contributed by atoms with Crippen LogP contribution in [0.15, 0.2) is 28.9 Å². The topological polar surface area (TPSA) is 58.4 Å². The number of carbonyl (C=O) groups is 1. The van der Waals surface area contributed by atoms with E-state index in [1.54, 1.807) is 6.07 Å². The maximum atomic E-state index is 12.1. The summed E-state index contributed by atoms with van der Waals surface area (Å²) in [6.45, 7) is 6.11. The van der Waals surface area contributed by atoms with E-state index in [9.17, 15) is 4.79 Å². The van der Waals surface area contributed by atoms with Crippen LogP contribution in [0.5, 0.6) is 0 Å². The zero-order valence-corrected chi connectivity index (χ0v) is 16.5. The van der Waals surface area contributed by atoms with Crippen molar-refractivity contribution in [3.05, 3.63) is 51.7 Å². The van der Waals surface area contributed by atoms with Crippen LogP contribution in [0.1, 0.15) is 48.6 Å². The number of hydrogen-bond acceptors (Lipinski definition) is 4. The summed E-state index contributed by atoms with van der Waals surface area (Å²) in [6.07, 6.45) is 3.82. The summed E-state index contributed by atoms with van der Waals surface area (Å²) in [6, 6.07) is 5.88. The Balaban J connectivity index is 1.62. The summed E-state index contributed by atoms with van der Waals surface area (Å²) in [5, 5.41) is 3.98. The molecule has 0 aliphatic heterocycles.